The van der Waals surface area contributed by atoms with E-state index in [0.29, 0.717) is 23.3 Å². The van der Waals surface area contributed by atoms with E-state index in [4.69, 9.17) is 19.2 Å². The summed E-state index contributed by atoms with van der Waals surface area (Å²) in [6.45, 7) is 0.444. The van der Waals surface area contributed by atoms with Gasteiger partial charge in [0.2, 0.25) is 0 Å². The van der Waals surface area contributed by atoms with Crippen LogP contribution >= 0.6 is 0 Å². The van der Waals surface area contributed by atoms with Crippen LogP contribution in [0.4, 0.5) is 5.69 Å². The lowest BCUT2D eigenvalue weighted by Gasteiger charge is -2.07. The summed E-state index contributed by atoms with van der Waals surface area (Å²) >= 11 is 0. The molecule has 0 radical (unpaired) electrons. The highest BCUT2D eigenvalue weighted by molar-refractivity contribution is 5.75. The van der Waals surface area contributed by atoms with Gasteiger partial charge in [-0.2, -0.15) is 5.26 Å². The monoisotopic (exact) mass is 411 g/mol. The van der Waals surface area contributed by atoms with E-state index in [-0.39, 0.29) is 37.4 Å². The predicted molar refractivity (Wildman–Crippen MR) is 104 cm³/mol. The summed E-state index contributed by atoms with van der Waals surface area (Å²) in [6.07, 6.45) is 0.420. The fourth-order valence-electron chi connectivity index (χ4n) is 2.77. The topological polar surface area (TPSA) is 138 Å². The third-order valence-electron chi connectivity index (χ3n) is 4.22. The molecule has 0 aliphatic heterocycles. The van der Waals surface area contributed by atoms with Crippen molar-refractivity contribution in [1.82, 2.24) is 4.57 Å². The Balaban J connectivity index is 1.43. The zero-order valence-corrected chi connectivity index (χ0v) is 15.8. The number of nitro benzene ring substituents is 1. The molecule has 1 heterocycles. The highest BCUT2D eigenvalue weighted by atomic mass is 16.6. The van der Waals surface area contributed by atoms with Crippen molar-refractivity contribution >= 4 is 22.8 Å². The minimum absolute atomic E-state index is 0.0666. The van der Waals surface area contributed by atoms with Crippen LogP contribution in [0.2, 0.25) is 0 Å². The van der Waals surface area contributed by atoms with Gasteiger partial charge < -0.3 is 13.9 Å². The highest BCUT2D eigenvalue weighted by Gasteiger charge is 2.14. The summed E-state index contributed by atoms with van der Waals surface area (Å²) < 4.78 is 16.9. The number of nitro groups is 1. The van der Waals surface area contributed by atoms with E-state index in [1.165, 1.54) is 22.8 Å². The second-order valence-electron chi connectivity index (χ2n) is 6.24. The van der Waals surface area contributed by atoms with Crippen molar-refractivity contribution < 1.29 is 23.6 Å². The quantitative estimate of drug-likeness (QED) is 0.227. The third-order valence-corrected chi connectivity index (χ3v) is 4.22. The Morgan fingerprint density at radius 2 is 1.97 bits per heavy atom. The van der Waals surface area contributed by atoms with Gasteiger partial charge in [0.15, 0.2) is 5.58 Å². The van der Waals surface area contributed by atoms with Crippen LogP contribution in [0.3, 0.4) is 0 Å². The Hall–Kier alpha value is -4.13. The average molecular weight is 411 g/mol. The number of carbonyl (C=O) groups excluding carboxylic acids is 1. The van der Waals surface area contributed by atoms with Crippen molar-refractivity contribution in [3.8, 4) is 11.8 Å². The molecule has 10 heteroatoms. The molecule has 10 nitrogen and oxygen atoms in total. The number of nitriles is 1. The maximum absolute atomic E-state index is 12.0. The van der Waals surface area contributed by atoms with Crippen LogP contribution < -0.4 is 10.5 Å². The van der Waals surface area contributed by atoms with Crippen molar-refractivity contribution in [1.29, 1.82) is 5.26 Å². The normalized spacial score (nSPS) is 10.5. The van der Waals surface area contributed by atoms with Crippen LogP contribution in [0.25, 0.3) is 11.1 Å². The first kappa shape index (κ1) is 20.6. The Kier molecular flexibility index (Phi) is 6.44. The molecule has 0 saturated heterocycles. The second kappa shape index (κ2) is 9.38. The van der Waals surface area contributed by atoms with Crippen molar-refractivity contribution in [2.75, 3.05) is 13.2 Å². The fraction of sp³-hybridized carbons (Fsp3) is 0.250. The predicted octanol–water partition coefficient (Wildman–Crippen LogP) is 2.78. The van der Waals surface area contributed by atoms with E-state index in [9.17, 15) is 19.7 Å². The van der Waals surface area contributed by atoms with Crippen LogP contribution in [-0.2, 0) is 16.1 Å². The molecule has 0 bridgehead atoms. The molecular weight excluding hydrogens is 394 g/mol. The summed E-state index contributed by atoms with van der Waals surface area (Å²) in [7, 11) is 0. The van der Waals surface area contributed by atoms with E-state index in [1.54, 1.807) is 24.3 Å². The number of nitrogens with zero attached hydrogens (tertiary/aromatic N) is 3. The van der Waals surface area contributed by atoms with Gasteiger partial charge in [-0.3, -0.25) is 19.5 Å². The van der Waals surface area contributed by atoms with Gasteiger partial charge in [0.25, 0.3) is 5.69 Å². The summed E-state index contributed by atoms with van der Waals surface area (Å²) in [5.41, 5.74) is 0.901. The summed E-state index contributed by atoms with van der Waals surface area (Å²) in [5.74, 6) is -0.513. The number of rotatable bonds is 9. The molecule has 0 atom stereocenters. The maximum atomic E-state index is 12.0. The molecule has 0 amide bonds. The SMILES string of the molecule is N#Cc1ccc(OCCOC(=O)CCCn2c(=O)oc3cc([N+](=O)[O-])ccc32)cc1. The van der Waals surface area contributed by atoms with Crippen LogP contribution in [0.1, 0.15) is 18.4 Å². The molecule has 0 N–H and O–H groups in total. The van der Waals surface area contributed by atoms with Gasteiger partial charge in [-0.05, 0) is 36.8 Å². The van der Waals surface area contributed by atoms with E-state index in [1.807, 2.05) is 6.07 Å². The smallest absolute Gasteiger partial charge is 0.419 e. The van der Waals surface area contributed by atoms with Gasteiger partial charge in [-0.25, -0.2) is 4.79 Å². The maximum Gasteiger partial charge on any atom is 0.419 e. The summed E-state index contributed by atoms with van der Waals surface area (Å²) in [4.78, 5) is 34.0. The van der Waals surface area contributed by atoms with Gasteiger partial charge in [-0.1, -0.05) is 0 Å². The number of non-ortho nitro benzene ring substituents is 1. The molecule has 2 aromatic carbocycles. The molecule has 0 unspecified atom stereocenters. The number of oxazole rings is 1. The first-order valence-corrected chi connectivity index (χ1v) is 9.04. The third kappa shape index (κ3) is 5.02. The molecule has 1 aromatic heterocycles. The fourth-order valence-corrected chi connectivity index (χ4v) is 2.77. The number of esters is 1. The van der Waals surface area contributed by atoms with Gasteiger partial charge in [0.05, 0.1) is 28.1 Å². The first-order valence-electron chi connectivity index (χ1n) is 9.04. The van der Waals surface area contributed by atoms with Crippen molar-refractivity contribution in [2.24, 2.45) is 0 Å². The molecular formula is C20H17N3O7. The van der Waals surface area contributed by atoms with Crippen molar-refractivity contribution in [3.05, 3.63) is 68.7 Å². The number of fused-ring (bicyclic) bond motifs is 1. The van der Waals surface area contributed by atoms with Gasteiger partial charge in [0, 0.05) is 19.0 Å². The molecule has 0 saturated carbocycles. The van der Waals surface area contributed by atoms with Crippen LogP contribution in [0.15, 0.2) is 51.7 Å². The van der Waals surface area contributed by atoms with Gasteiger partial charge in [-0.15, -0.1) is 0 Å². The number of aryl methyl sites for hydroxylation is 1. The average Bonchev–Trinajstić information content (AvgIpc) is 3.06. The molecule has 0 fully saturated rings. The standard InChI is InChI=1S/C20H17N3O7/c21-13-14-3-6-16(7-4-14)28-10-11-29-19(24)2-1-9-22-17-8-5-15(23(26)27)12-18(17)30-20(22)25/h3-8,12H,1-2,9-11H2. The van der Waals surface area contributed by atoms with Crippen LogP contribution in [0.5, 0.6) is 5.75 Å². The highest BCUT2D eigenvalue weighted by Crippen LogP contribution is 2.20. The van der Waals surface area contributed by atoms with E-state index < -0.39 is 16.6 Å². The van der Waals surface area contributed by atoms with Crippen LogP contribution in [0, 0.1) is 21.4 Å². The van der Waals surface area contributed by atoms with Crippen molar-refractivity contribution in [3.63, 3.8) is 0 Å². The van der Waals surface area contributed by atoms with Crippen molar-refractivity contribution in [2.45, 2.75) is 19.4 Å². The molecule has 0 aliphatic rings. The number of hydrogen-bond donors (Lipinski definition) is 0. The second-order valence-corrected chi connectivity index (χ2v) is 6.24. The number of aromatic nitrogens is 1. The lowest BCUT2D eigenvalue weighted by Crippen LogP contribution is -2.16. The lowest BCUT2D eigenvalue weighted by atomic mass is 10.2. The largest absolute Gasteiger partial charge is 0.490 e. The van der Waals surface area contributed by atoms with E-state index in [2.05, 4.69) is 0 Å². The van der Waals surface area contributed by atoms with Gasteiger partial charge in [0.1, 0.15) is 19.0 Å². The molecule has 30 heavy (non-hydrogen) atoms. The summed E-state index contributed by atoms with van der Waals surface area (Å²) in [5, 5.41) is 19.5. The molecule has 3 aromatic rings. The molecule has 0 spiro atoms. The number of hydrogen-bond acceptors (Lipinski definition) is 8. The molecule has 154 valence electrons. The van der Waals surface area contributed by atoms with Crippen LogP contribution in [-0.4, -0.2) is 28.7 Å². The lowest BCUT2D eigenvalue weighted by molar-refractivity contribution is -0.384. The Bertz CT molecular complexity index is 1160. The first-order chi connectivity index (χ1) is 14.5. The Morgan fingerprint density at radius 3 is 2.67 bits per heavy atom. The van der Waals surface area contributed by atoms with E-state index in [0.717, 1.165) is 0 Å². The zero-order valence-electron chi connectivity index (χ0n) is 15.8. The van der Waals surface area contributed by atoms with E-state index >= 15 is 0 Å². The number of ether oxygens (including phenoxy) is 2. The number of carbonyl (C=O) groups is 1. The van der Waals surface area contributed by atoms with Gasteiger partial charge >= 0.3 is 11.7 Å². The number of benzene rings is 2. The Morgan fingerprint density at radius 1 is 1.20 bits per heavy atom. The zero-order chi connectivity index (χ0) is 21.5. The summed E-state index contributed by atoms with van der Waals surface area (Å²) in [6, 6.07) is 12.5. The minimum atomic E-state index is -0.644. The Labute approximate surface area is 170 Å². The molecule has 0 aliphatic carbocycles. The molecule has 3 rings (SSSR count). The minimum Gasteiger partial charge on any atom is -0.490 e.